The Morgan fingerprint density at radius 3 is 2.82 bits per heavy atom. The van der Waals surface area contributed by atoms with E-state index in [2.05, 4.69) is 25.6 Å². The minimum absolute atomic E-state index is 0.132. The monoisotopic (exact) mass is 317 g/mol. The molecule has 7 heteroatoms. The predicted octanol–water partition coefficient (Wildman–Crippen LogP) is 1.82. The van der Waals surface area contributed by atoms with E-state index in [0.29, 0.717) is 30.3 Å². The van der Waals surface area contributed by atoms with Gasteiger partial charge in [0.2, 0.25) is 10.0 Å². The standard InChI is InChI=1S/C10H12BrN3O2S/c11-9-6-10(8-13-7-9)17(15,16)14-5-3-1-2-4-12/h6-8,14H,1-3,5H2. The van der Waals surface area contributed by atoms with Crippen LogP contribution in [-0.4, -0.2) is 19.9 Å². The van der Waals surface area contributed by atoms with Gasteiger partial charge in [0.05, 0.1) is 6.07 Å². The van der Waals surface area contributed by atoms with E-state index in [1.54, 1.807) is 0 Å². The van der Waals surface area contributed by atoms with Crippen LogP contribution in [0.1, 0.15) is 19.3 Å². The number of nitriles is 1. The van der Waals surface area contributed by atoms with Gasteiger partial charge >= 0.3 is 0 Å². The Bertz CT molecular complexity index is 511. The van der Waals surface area contributed by atoms with Crippen LogP contribution in [0.5, 0.6) is 0 Å². The van der Waals surface area contributed by atoms with Crippen LogP contribution in [0.3, 0.4) is 0 Å². The molecular formula is C10H12BrN3O2S. The SMILES string of the molecule is N#CCCCCNS(=O)(=O)c1cncc(Br)c1. The Kier molecular flexibility index (Phi) is 5.55. The Morgan fingerprint density at radius 1 is 1.41 bits per heavy atom. The van der Waals surface area contributed by atoms with Gasteiger partial charge in [0.15, 0.2) is 0 Å². The molecule has 92 valence electrons. The van der Waals surface area contributed by atoms with Crippen LogP contribution in [-0.2, 0) is 10.0 Å². The number of sulfonamides is 1. The normalized spacial score (nSPS) is 11.1. The second-order valence-electron chi connectivity index (χ2n) is 3.35. The molecule has 1 aromatic heterocycles. The molecule has 0 unspecified atom stereocenters. The minimum atomic E-state index is -3.50. The van der Waals surface area contributed by atoms with E-state index >= 15 is 0 Å². The topological polar surface area (TPSA) is 82.9 Å². The van der Waals surface area contributed by atoms with Gasteiger partial charge in [-0.2, -0.15) is 5.26 Å². The van der Waals surface area contributed by atoms with Crippen molar-refractivity contribution in [3.63, 3.8) is 0 Å². The van der Waals surface area contributed by atoms with Crippen LogP contribution in [0.2, 0.25) is 0 Å². The minimum Gasteiger partial charge on any atom is -0.262 e. The van der Waals surface area contributed by atoms with Gasteiger partial charge in [-0.3, -0.25) is 4.98 Å². The van der Waals surface area contributed by atoms with Gasteiger partial charge in [-0.25, -0.2) is 13.1 Å². The smallest absolute Gasteiger partial charge is 0.242 e. The molecule has 0 bridgehead atoms. The van der Waals surface area contributed by atoms with E-state index in [-0.39, 0.29) is 4.90 Å². The van der Waals surface area contributed by atoms with E-state index in [0.717, 1.165) is 0 Å². The zero-order valence-electron chi connectivity index (χ0n) is 9.06. The molecule has 0 aliphatic heterocycles. The van der Waals surface area contributed by atoms with Crippen molar-refractivity contribution in [2.24, 2.45) is 0 Å². The van der Waals surface area contributed by atoms with Crippen LogP contribution < -0.4 is 4.72 Å². The maximum absolute atomic E-state index is 11.8. The van der Waals surface area contributed by atoms with Crippen molar-refractivity contribution in [2.45, 2.75) is 24.2 Å². The molecule has 1 heterocycles. The fourth-order valence-corrected chi connectivity index (χ4v) is 2.74. The third kappa shape index (κ3) is 4.81. The molecular weight excluding hydrogens is 306 g/mol. The quantitative estimate of drug-likeness (QED) is 0.811. The summed E-state index contributed by atoms with van der Waals surface area (Å²) in [5.74, 6) is 0. The number of rotatable bonds is 6. The van der Waals surface area contributed by atoms with Crippen molar-refractivity contribution in [3.05, 3.63) is 22.9 Å². The summed E-state index contributed by atoms with van der Waals surface area (Å²) in [6.07, 6.45) is 4.60. The van der Waals surface area contributed by atoms with Crippen LogP contribution in [0.15, 0.2) is 27.8 Å². The number of aromatic nitrogens is 1. The summed E-state index contributed by atoms with van der Waals surface area (Å²) in [6.45, 7) is 0.330. The highest BCUT2D eigenvalue weighted by molar-refractivity contribution is 9.10. The lowest BCUT2D eigenvalue weighted by Gasteiger charge is -2.05. The summed E-state index contributed by atoms with van der Waals surface area (Å²) in [6, 6.07) is 3.50. The summed E-state index contributed by atoms with van der Waals surface area (Å²) < 4.78 is 26.6. The van der Waals surface area contributed by atoms with Crippen LogP contribution in [0, 0.1) is 11.3 Å². The van der Waals surface area contributed by atoms with E-state index in [9.17, 15) is 8.42 Å². The van der Waals surface area contributed by atoms with Crippen LogP contribution in [0.25, 0.3) is 0 Å². The van der Waals surface area contributed by atoms with Gasteiger partial charge in [0.1, 0.15) is 4.90 Å². The zero-order valence-corrected chi connectivity index (χ0v) is 11.5. The largest absolute Gasteiger partial charge is 0.262 e. The molecule has 1 rings (SSSR count). The fourth-order valence-electron chi connectivity index (χ4n) is 1.16. The highest BCUT2D eigenvalue weighted by atomic mass is 79.9. The lowest BCUT2D eigenvalue weighted by Crippen LogP contribution is -2.24. The summed E-state index contributed by atoms with van der Waals surface area (Å²) in [5.41, 5.74) is 0. The molecule has 0 saturated heterocycles. The average Bonchev–Trinajstić information content (AvgIpc) is 2.29. The highest BCUT2D eigenvalue weighted by Crippen LogP contribution is 2.13. The number of hydrogen-bond donors (Lipinski definition) is 1. The molecule has 0 atom stereocenters. The number of nitrogens with one attached hydrogen (secondary N) is 1. The highest BCUT2D eigenvalue weighted by Gasteiger charge is 2.13. The van der Waals surface area contributed by atoms with Crippen molar-refractivity contribution >= 4 is 26.0 Å². The van der Waals surface area contributed by atoms with E-state index in [1.165, 1.54) is 18.5 Å². The first-order valence-corrected chi connectivity index (χ1v) is 7.31. The van der Waals surface area contributed by atoms with Crippen molar-refractivity contribution in [1.82, 2.24) is 9.71 Å². The second-order valence-corrected chi connectivity index (χ2v) is 6.03. The van der Waals surface area contributed by atoms with Gasteiger partial charge in [0, 0.05) is 29.8 Å². The Morgan fingerprint density at radius 2 is 2.18 bits per heavy atom. The van der Waals surface area contributed by atoms with Gasteiger partial charge < -0.3 is 0 Å². The Balaban J connectivity index is 2.55. The number of unbranched alkanes of at least 4 members (excludes halogenated alkanes) is 2. The summed E-state index contributed by atoms with van der Waals surface area (Å²) in [5, 5.41) is 8.33. The van der Waals surface area contributed by atoms with Crippen molar-refractivity contribution < 1.29 is 8.42 Å². The van der Waals surface area contributed by atoms with E-state index in [1.807, 2.05) is 6.07 Å². The molecule has 0 spiro atoms. The van der Waals surface area contributed by atoms with Gasteiger partial charge in [-0.1, -0.05) is 0 Å². The first-order chi connectivity index (χ1) is 8.06. The summed E-state index contributed by atoms with van der Waals surface area (Å²) in [4.78, 5) is 3.93. The molecule has 0 aliphatic carbocycles. The fraction of sp³-hybridized carbons (Fsp3) is 0.400. The third-order valence-electron chi connectivity index (χ3n) is 2.00. The predicted molar refractivity (Wildman–Crippen MR) is 66.6 cm³/mol. The first kappa shape index (κ1) is 14.1. The molecule has 5 nitrogen and oxygen atoms in total. The van der Waals surface area contributed by atoms with Crippen molar-refractivity contribution in [2.75, 3.05) is 6.54 Å². The van der Waals surface area contributed by atoms with E-state index < -0.39 is 10.0 Å². The summed E-state index contributed by atoms with van der Waals surface area (Å²) >= 11 is 3.17. The molecule has 0 amide bonds. The number of pyridine rings is 1. The molecule has 0 fully saturated rings. The van der Waals surface area contributed by atoms with Gasteiger partial charge in [0.25, 0.3) is 0 Å². The molecule has 0 saturated carbocycles. The third-order valence-corrected chi connectivity index (χ3v) is 3.86. The van der Waals surface area contributed by atoms with Crippen molar-refractivity contribution in [3.8, 4) is 6.07 Å². The average molecular weight is 318 g/mol. The maximum Gasteiger partial charge on any atom is 0.242 e. The first-order valence-electron chi connectivity index (χ1n) is 5.03. The molecule has 0 aromatic carbocycles. The second kappa shape index (κ2) is 6.69. The van der Waals surface area contributed by atoms with E-state index in [4.69, 9.17) is 5.26 Å². The molecule has 1 N–H and O–H groups in total. The molecule has 17 heavy (non-hydrogen) atoms. The zero-order chi connectivity index (χ0) is 12.7. The lowest BCUT2D eigenvalue weighted by atomic mass is 10.2. The lowest BCUT2D eigenvalue weighted by molar-refractivity contribution is 0.577. The molecule has 0 aliphatic rings. The molecule has 0 radical (unpaired) electrons. The summed E-state index contributed by atoms with van der Waals surface area (Å²) in [7, 11) is -3.50. The Hall–Kier alpha value is -0.970. The van der Waals surface area contributed by atoms with Gasteiger partial charge in [-0.05, 0) is 34.8 Å². The number of hydrogen-bond acceptors (Lipinski definition) is 4. The number of nitrogens with zero attached hydrogens (tertiary/aromatic N) is 2. The van der Waals surface area contributed by atoms with Crippen LogP contribution >= 0.6 is 15.9 Å². The Labute approximate surface area is 109 Å². The van der Waals surface area contributed by atoms with Crippen molar-refractivity contribution in [1.29, 1.82) is 5.26 Å². The van der Waals surface area contributed by atoms with Crippen LogP contribution in [0.4, 0.5) is 0 Å². The van der Waals surface area contributed by atoms with Gasteiger partial charge in [-0.15, -0.1) is 0 Å². The maximum atomic E-state index is 11.8. The number of halogens is 1. The molecule has 1 aromatic rings.